The van der Waals surface area contributed by atoms with Crippen molar-refractivity contribution in [2.75, 3.05) is 0 Å². The van der Waals surface area contributed by atoms with Crippen molar-refractivity contribution in [1.29, 1.82) is 0 Å². The topological polar surface area (TPSA) is 12.4 Å². The molecule has 0 saturated heterocycles. The zero-order valence-electron chi connectivity index (χ0n) is 13.3. The minimum atomic E-state index is 0.136. The number of aliphatic imine (C=N–C) groups is 1. The van der Waals surface area contributed by atoms with E-state index in [9.17, 15) is 0 Å². The molecule has 0 N–H and O–H groups in total. The van der Waals surface area contributed by atoms with E-state index in [0.29, 0.717) is 11.3 Å². The Hall–Kier alpha value is -0.590. The summed E-state index contributed by atoms with van der Waals surface area (Å²) in [5, 5.41) is 0. The summed E-state index contributed by atoms with van der Waals surface area (Å²) in [6.45, 7) is 17.8. The average molecular weight is 249 g/mol. The molecule has 18 heavy (non-hydrogen) atoms. The van der Waals surface area contributed by atoms with Crippen LogP contribution in [0, 0.1) is 11.3 Å². The van der Waals surface area contributed by atoms with Crippen LogP contribution in [0.15, 0.2) is 16.1 Å². The zero-order chi connectivity index (χ0) is 14.0. The van der Waals surface area contributed by atoms with Gasteiger partial charge in [0, 0.05) is 5.41 Å². The maximum Gasteiger partial charge on any atom is 0.0701 e. The molecule has 1 fully saturated rings. The highest BCUT2D eigenvalue weighted by Gasteiger charge is 2.67. The van der Waals surface area contributed by atoms with Crippen LogP contribution in [0.5, 0.6) is 0 Å². The summed E-state index contributed by atoms with van der Waals surface area (Å²) in [5.41, 5.74) is 3.81. The van der Waals surface area contributed by atoms with E-state index in [0.717, 1.165) is 6.42 Å². The normalized spacial score (nSPS) is 30.4. The second-order valence-electron chi connectivity index (χ2n) is 6.03. The Labute approximate surface area is 114 Å². The fourth-order valence-electron chi connectivity index (χ4n) is 4.16. The summed E-state index contributed by atoms with van der Waals surface area (Å²) in [6.07, 6.45) is 5.91. The van der Waals surface area contributed by atoms with Crippen LogP contribution in [0.3, 0.4) is 0 Å². The van der Waals surface area contributed by atoms with Crippen molar-refractivity contribution in [1.82, 2.24) is 0 Å². The van der Waals surface area contributed by atoms with Crippen molar-refractivity contribution < 1.29 is 0 Å². The van der Waals surface area contributed by atoms with Gasteiger partial charge < -0.3 is 0 Å². The SMILES string of the molecule is C=NC1(CC)CC1(CC)C(=C(CC)CC)C(C)C. The standard InChI is InChI=1S/C17H31N/c1-8-14(9-2)15(13(5)6)16(10-3)12-17(16,11-4)18-7/h13H,7-12H2,1-6H3. The third kappa shape index (κ3) is 2.06. The van der Waals surface area contributed by atoms with Crippen LogP contribution in [0.2, 0.25) is 0 Å². The van der Waals surface area contributed by atoms with Crippen molar-refractivity contribution in [2.45, 2.75) is 79.2 Å². The van der Waals surface area contributed by atoms with Gasteiger partial charge in [0.1, 0.15) is 0 Å². The molecule has 1 aliphatic carbocycles. The molecule has 0 amide bonds. The molecular weight excluding hydrogens is 218 g/mol. The first kappa shape index (κ1) is 15.5. The van der Waals surface area contributed by atoms with Gasteiger partial charge >= 0.3 is 0 Å². The van der Waals surface area contributed by atoms with Crippen LogP contribution in [0.25, 0.3) is 0 Å². The van der Waals surface area contributed by atoms with Gasteiger partial charge in [0.15, 0.2) is 0 Å². The number of hydrogen-bond acceptors (Lipinski definition) is 1. The second-order valence-corrected chi connectivity index (χ2v) is 6.03. The lowest BCUT2D eigenvalue weighted by Crippen LogP contribution is -2.23. The molecule has 0 aromatic heterocycles. The molecule has 1 aliphatic rings. The second kappa shape index (κ2) is 5.59. The monoisotopic (exact) mass is 249 g/mol. The van der Waals surface area contributed by atoms with Crippen LogP contribution in [-0.2, 0) is 0 Å². The van der Waals surface area contributed by atoms with Crippen LogP contribution >= 0.6 is 0 Å². The van der Waals surface area contributed by atoms with Gasteiger partial charge in [-0.25, -0.2) is 0 Å². The largest absolute Gasteiger partial charge is 0.293 e. The average Bonchev–Trinajstić information content (AvgIpc) is 3.05. The van der Waals surface area contributed by atoms with Crippen LogP contribution in [0.4, 0.5) is 0 Å². The summed E-state index contributed by atoms with van der Waals surface area (Å²) in [7, 11) is 0. The van der Waals surface area contributed by atoms with Crippen molar-refractivity contribution in [3.63, 3.8) is 0 Å². The minimum Gasteiger partial charge on any atom is -0.293 e. The molecular formula is C17H31N. The molecule has 1 nitrogen and oxygen atoms in total. The van der Waals surface area contributed by atoms with Crippen LogP contribution in [-0.4, -0.2) is 12.3 Å². The highest BCUT2D eigenvalue weighted by molar-refractivity contribution is 5.43. The van der Waals surface area contributed by atoms with Gasteiger partial charge in [-0.3, -0.25) is 4.99 Å². The molecule has 1 heteroatoms. The molecule has 2 unspecified atom stereocenters. The Morgan fingerprint density at radius 3 is 1.89 bits per heavy atom. The van der Waals surface area contributed by atoms with E-state index >= 15 is 0 Å². The predicted molar refractivity (Wildman–Crippen MR) is 82.4 cm³/mol. The molecule has 0 heterocycles. The molecule has 2 atom stereocenters. The third-order valence-corrected chi connectivity index (χ3v) is 5.18. The highest BCUT2D eigenvalue weighted by atomic mass is 15.0. The first-order chi connectivity index (χ1) is 8.48. The number of allylic oxidation sites excluding steroid dienone is 1. The lowest BCUT2D eigenvalue weighted by Gasteiger charge is -2.30. The molecule has 0 aromatic rings. The van der Waals surface area contributed by atoms with Crippen molar-refractivity contribution >= 4 is 6.72 Å². The lowest BCUT2D eigenvalue weighted by atomic mass is 9.77. The van der Waals surface area contributed by atoms with Gasteiger partial charge in [-0.05, 0) is 44.7 Å². The molecule has 0 aromatic carbocycles. The molecule has 1 rings (SSSR count). The smallest absolute Gasteiger partial charge is 0.0701 e. The molecule has 0 radical (unpaired) electrons. The van der Waals surface area contributed by atoms with Crippen molar-refractivity contribution in [3.8, 4) is 0 Å². The Morgan fingerprint density at radius 2 is 1.67 bits per heavy atom. The van der Waals surface area contributed by atoms with E-state index in [2.05, 4.69) is 53.3 Å². The number of rotatable bonds is 7. The maximum absolute atomic E-state index is 4.54. The van der Waals surface area contributed by atoms with Gasteiger partial charge in [0.2, 0.25) is 0 Å². The molecule has 0 bridgehead atoms. The van der Waals surface area contributed by atoms with E-state index < -0.39 is 0 Å². The Balaban J connectivity index is 3.30. The lowest BCUT2D eigenvalue weighted by molar-refractivity contribution is 0.414. The van der Waals surface area contributed by atoms with Crippen molar-refractivity contribution in [2.24, 2.45) is 16.3 Å². The summed E-state index contributed by atoms with van der Waals surface area (Å²) in [6, 6.07) is 0. The highest BCUT2D eigenvalue weighted by Crippen LogP contribution is 2.69. The summed E-state index contributed by atoms with van der Waals surface area (Å²) >= 11 is 0. The van der Waals surface area contributed by atoms with E-state index in [4.69, 9.17) is 0 Å². The summed E-state index contributed by atoms with van der Waals surface area (Å²) in [5.74, 6) is 0.634. The molecule has 0 spiro atoms. The fraction of sp³-hybridized carbons (Fsp3) is 0.824. The Morgan fingerprint density at radius 1 is 1.11 bits per heavy atom. The summed E-state index contributed by atoms with van der Waals surface area (Å²) < 4.78 is 0. The first-order valence-corrected chi connectivity index (χ1v) is 7.68. The predicted octanol–water partition coefficient (Wildman–Crippen LogP) is 5.41. The van der Waals surface area contributed by atoms with Gasteiger partial charge in [-0.1, -0.05) is 52.7 Å². The zero-order valence-corrected chi connectivity index (χ0v) is 13.3. The minimum absolute atomic E-state index is 0.136. The number of nitrogens with zero attached hydrogens (tertiary/aromatic N) is 1. The fourth-order valence-corrected chi connectivity index (χ4v) is 4.16. The molecule has 1 saturated carbocycles. The van der Waals surface area contributed by atoms with E-state index in [1.165, 1.54) is 25.7 Å². The Bertz CT molecular complexity index is 334. The van der Waals surface area contributed by atoms with Crippen LogP contribution in [0.1, 0.15) is 73.6 Å². The Kier molecular flexibility index (Phi) is 4.80. The van der Waals surface area contributed by atoms with Gasteiger partial charge in [0.25, 0.3) is 0 Å². The third-order valence-electron chi connectivity index (χ3n) is 5.18. The first-order valence-electron chi connectivity index (χ1n) is 7.68. The molecule has 104 valence electrons. The van der Waals surface area contributed by atoms with E-state index in [1.807, 2.05) is 0 Å². The van der Waals surface area contributed by atoms with Gasteiger partial charge in [0.05, 0.1) is 5.54 Å². The van der Waals surface area contributed by atoms with Gasteiger partial charge in [-0.2, -0.15) is 0 Å². The quantitative estimate of drug-likeness (QED) is 0.422. The van der Waals surface area contributed by atoms with Gasteiger partial charge in [-0.15, -0.1) is 0 Å². The molecule has 0 aliphatic heterocycles. The maximum atomic E-state index is 4.54. The van der Waals surface area contributed by atoms with E-state index in [-0.39, 0.29) is 5.54 Å². The summed E-state index contributed by atoms with van der Waals surface area (Å²) in [4.78, 5) is 4.54. The van der Waals surface area contributed by atoms with Crippen molar-refractivity contribution in [3.05, 3.63) is 11.1 Å². The van der Waals surface area contributed by atoms with E-state index in [1.54, 1.807) is 11.1 Å². The van der Waals surface area contributed by atoms with Crippen LogP contribution < -0.4 is 0 Å². The number of hydrogen-bond donors (Lipinski definition) is 0.